The van der Waals surface area contributed by atoms with Gasteiger partial charge in [0.2, 0.25) is 11.8 Å². The van der Waals surface area contributed by atoms with Gasteiger partial charge in [-0.15, -0.1) is 0 Å². The summed E-state index contributed by atoms with van der Waals surface area (Å²) in [7, 11) is -1.01. The fraction of sp³-hybridized carbons (Fsp3) is 0.857. The average Bonchev–Trinajstić information content (AvgIpc) is 2.79. The van der Waals surface area contributed by atoms with Crippen molar-refractivity contribution < 1.29 is 18.0 Å². The smallest absolute Gasteiger partial charge is 0.224 e. The average molecular weight is 331 g/mol. The summed E-state index contributed by atoms with van der Waals surface area (Å²) in [4.78, 5) is 29.6. The van der Waals surface area contributed by atoms with Crippen LogP contribution in [-0.4, -0.2) is 92.3 Å². The molecule has 0 aliphatic carbocycles. The Morgan fingerprint density at radius 2 is 1.82 bits per heavy atom. The van der Waals surface area contributed by atoms with E-state index >= 15 is 0 Å². The molecule has 0 aromatic rings. The molecule has 2 aliphatic rings. The number of carbonyl (C=O) groups excluding carboxylic acids is 2. The van der Waals surface area contributed by atoms with Crippen molar-refractivity contribution in [3.8, 4) is 0 Å². The van der Waals surface area contributed by atoms with Gasteiger partial charge in [-0.25, -0.2) is 8.42 Å². The van der Waals surface area contributed by atoms with Gasteiger partial charge in [0.15, 0.2) is 9.84 Å². The molecule has 0 bridgehead atoms. The van der Waals surface area contributed by atoms with Crippen LogP contribution in [0.3, 0.4) is 0 Å². The van der Waals surface area contributed by atoms with Gasteiger partial charge in [0.05, 0.1) is 11.5 Å². The molecule has 126 valence electrons. The van der Waals surface area contributed by atoms with E-state index in [1.807, 2.05) is 11.9 Å². The molecule has 0 saturated carbocycles. The van der Waals surface area contributed by atoms with Crippen molar-refractivity contribution in [1.82, 2.24) is 14.7 Å². The molecule has 2 heterocycles. The molecular formula is C14H25N3O4S. The van der Waals surface area contributed by atoms with E-state index in [0.29, 0.717) is 26.1 Å². The Morgan fingerprint density at radius 1 is 1.18 bits per heavy atom. The predicted octanol–water partition coefficient (Wildman–Crippen LogP) is -0.814. The molecule has 2 saturated heterocycles. The van der Waals surface area contributed by atoms with Gasteiger partial charge in [-0.2, -0.15) is 0 Å². The number of sulfone groups is 1. The van der Waals surface area contributed by atoms with Gasteiger partial charge in [-0.1, -0.05) is 0 Å². The van der Waals surface area contributed by atoms with Crippen molar-refractivity contribution in [2.75, 3.05) is 51.3 Å². The predicted molar refractivity (Wildman–Crippen MR) is 83.1 cm³/mol. The van der Waals surface area contributed by atoms with Gasteiger partial charge in [-0.05, 0) is 13.5 Å². The number of amides is 2. The first-order chi connectivity index (χ1) is 10.3. The van der Waals surface area contributed by atoms with Crippen LogP contribution in [0, 0.1) is 0 Å². The molecule has 0 spiro atoms. The summed E-state index contributed by atoms with van der Waals surface area (Å²) < 4.78 is 23.1. The van der Waals surface area contributed by atoms with Crippen molar-refractivity contribution >= 4 is 21.7 Å². The van der Waals surface area contributed by atoms with Crippen LogP contribution in [0.2, 0.25) is 0 Å². The summed E-state index contributed by atoms with van der Waals surface area (Å²) in [5.74, 6) is 0.0387. The van der Waals surface area contributed by atoms with Gasteiger partial charge in [0.1, 0.15) is 0 Å². The second-order valence-corrected chi connectivity index (χ2v) is 8.43. The quantitative estimate of drug-likeness (QED) is 0.673. The molecule has 1 unspecified atom stereocenters. The molecule has 2 aliphatic heterocycles. The lowest BCUT2D eigenvalue weighted by molar-refractivity contribution is -0.135. The monoisotopic (exact) mass is 331 g/mol. The Labute approximate surface area is 132 Å². The summed E-state index contributed by atoms with van der Waals surface area (Å²) in [5.41, 5.74) is 0. The van der Waals surface area contributed by atoms with Crippen molar-refractivity contribution in [1.29, 1.82) is 0 Å². The van der Waals surface area contributed by atoms with E-state index in [2.05, 4.69) is 4.90 Å². The number of nitrogens with zero attached hydrogens (tertiary/aromatic N) is 3. The fourth-order valence-corrected chi connectivity index (χ4v) is 4.78. The summed E-state index contributed by atoms with van der Waals surface area (Å²) in [6.07, 6.45) is 0.741. The highest BCUT2D eigenvalue weighted by Crippen LogP contribution is 2.18. The highest BCUT2D eigenvalue weighted by Gasteiger charge is 2.33. The molecule has 0 aromatic heterocycles. The number of hydrogen-bond donors (Lipinski definition) is 0. The van der Waals surface area contributed by atoms with Gasteiger partial charge < -0.3 is 14.7 Å². The number of hydrogen-bond acceptors (Lipinski definition) is 5. The zero-order chi connectivity index (χ0) is 16.3. The van der Waals surface area contributed by atoms with E-state index in [4.69, 9.17) is 0 Å². The molecule has 1 atom stereocenters. The third kappa shape index (κ3) is 4.42. The van der Waals surface area contributed by atoms with Crippen molar-refractivity contribution in [2.45, 2.75) is 25.8 Å². The summed E-state index contributed by atoms with van der Waals surface area (Å²) in [6.45, 7) is 4.90. The van der Waals surface area contributed by atoms with Crippen LogP contribution >= 0.6 is 0 Å². The zero-order valence-electron chi connectivity index (χ0n) is 13.3. The van der Waals surface area contributed by atoms with E-state index in [1.54, 1.807) is 4.90 Å². The lowest BCUT2D eigenvalue weighted by Gasteiger charge is -2.33. The molecule has 8 heteroatoms. The maximum Gasteiger partial charge on any atom is 0.224 e. The zero-order valence-corrected chi connectivity index (χ0v) is 14.1. The molecule has 2 fully saturated rings. The van der Waals surface area contributed by atoms with Crippen LogP contribution in [0.1, 0.15) is 19.8 Å². The lowest BCUT2D eigenvalue weighted by atomic mass is 10.2. The third-order valence-corrected chi connectivity index (χ3v) is 6.23. The Hall–Kier alpha value is -1.15. The molecule has 7 nitrogen and oxygen atoms in total. The van der Waals surface area contributed by atoms with Crippen LogP contribution < -0.4 is 0 Å². The maximum absolute atomic E-state index is 12.2. The van der Waals surface area contributed by atoms with Crippen LogP contribution in [0.4, 0.5) is 0 Å². The molecule has 2 rings (SSSR count). The lowest BCUT2D eigenvalue weighted by Crippen LogP contribution is -2.48. The molecule has 22 heavy (non-hydrogen) atoms. The highest BCUT2D eigenvalue weighted by atomic mass is 32.2. The molecule has 2 amide bonds. The minimum Gasteiger partial charge on any atom is -0.340 e. The topological polar surface area (TPSA) is 78.0 Å². The Balaban J connectivity index is 1.87. The van der Waals surface area contributed by atoms with E-state index in [-0.39, 0.29) is 35.8 Å². The fourth-order valence-electron chi connectivity index (χ4n) is 3.05. The Bertz CT molecular complexity index is 526. The second-order valence-electron chi connectivity index (χ2n) is 6.20. The molecule has 0 radical (unpaired) electrons. The first-order valence-electron chi connectivity index (χ1n) is 7.72. The number of rotatable bonds is 4. The number of likely N-dealkylation sites (N-methyl/N-ethyl adjacent to an activating group) is 1. The van der Waals surface area contributed by atoms with E-state index in [0.717, 1.165) is 13.1 Å². The summed E-state index contributed by atoms with van der Waals surface area (Å²) in [6, 6.07) is -0.275. The Morgan fingerprint density at radius 3 is 2.32 bits per heavy atom. The minimum absolute atomic E-state index is 0.0231. The largest absolute Gasteiger partial charge is 0.340 e. The summed E-state index contributed by atoms with van der Waals surface area (Å²) in [5, 5.41) is 0. The van der Waals surface area contributed by atoms with E-state index in [1.165, 1.54) is 6.92 Å². The first-order valence-corrected chi connectivity index (χ1v) is 9.54. The van der Waals surface area contributed by atoms with Crippen LogP contribution in [0.5, 0.6) is 0 Å². The van der Waals surface area contributed by atoms with Crippen molar-refractivity contribution in [2.24, 2.45) is 0 Å². The standard InChI is InChI=1S/C14H25N3O4S/c1-12(18)17(13-4-10-22(20,21)11-13)5-3-14(19)16-8-6-15(2)7-9-16/h13H,3-11H2,1-2H3. The van der Waals surface area contributed by atoms with Gasteiger partial charge in [0.25, 0.3) is 0 Å². The van der Waals surface area contributed by atoms with Gasteiger partial charge >= 0.3 is 0 Å². The maximum atomic E-state index is 12.2. The van der Waals surface area contributed by atoms with Crippen LogP contribution in [0.15, 0.2) is 0 Å². The normalized spacial score (nSPS) is 25.2. The molecular weight excluding hydrogens is 306 g/mol. The van der Waals surface area contributed by atoms with Gasteiger partial charge in [-0.3, -0.25) is 9.59 Å². The van der Waals surface area contributed by atoms with Gasteiger partial charge in [0, 0.05) is 52.1 Å². The molecule has 0 N–H and O–H groups in total. The van der Waals surface area contributed by atoms with E-state index in [9.17, 15) is 18.0 Å². The summed E-state index contributed by atoms with van der Waals surface area (Å²) >= 11 is 0. The second kappa shape index (κ2) is 6.95. The Kier molecular flexibility index (Phi) is 5.44. The van der Waals surface area contributed by atoms with Crippen molar-refractivity contribution in [3.05, 3.63) is 0 Å². The molecule has 0 aromatic carbocycles. The van der Waals surface area contributed by atoms with Crippen LogP contribution in [0.25, 0.3) is 0 Å². The SMILES string of the molecule is CC(=O)N(CCC(=O)N1CCN(C)CC1)C1CCS(=O)(=O)C1. The van der Waals surface area contributed by atoms with Crippen molar-refractivity contribution in [3.63, 3.8) is 0 Å². The first kappa shape index (κ1) is 17.2. The number of piperazine rings is 1. The number of carbonyl (C=O) groups is 2. The highest BCUT2D eigenvalue weighted by molar-refractivity contribution is 7.91. The van der Waals surface area contributed by atoms with Crippen LogP contribution in [-0.2, 0) is 19.4 Å². The van der Waals surface area contributed by atoms with E-state index < -0.39 is 9.84 Å². The third-order valence-electron chi connectivity index (χ3n) is 4.48. The minimum atomic E-state index is -3.03.